The zero-order valence-electron chi connectivity index (χ0n) is 23.0. The number of phenolic OH excluding ortho intramolecular Hbond substituents is 3. The molecule has 2 aromatic carbocycles. The van der Waals surface area contributed by atoms with E-state index in [0.29, 0.717) is 5.56 Å². The number of aliphatic hydroxyl groups excluding tert-OH is 7. The lowest BCUT2D eigenvalue weighted by Crippen LogP contribution is -2.62. The van der Waals surface area contributed by atoms with Gasteiger partial charge in [0, 0.05) is 17.7 Å². The number of ether oxygens (including phenoxy) is 4. The summed E-state index contributed by atoms with van der Waals surface area (Å²) in [6.07, 6.45) is -17.5. The van der Waals surface area contributed by atoms with Crippen molar-refractivity contribution in [2.45, 2.75) is 61.2 Å². The Hall–Kier alpha value is -3.55. The zero-order valence-corrected chi connectivity index (χ0v) is 23.0. The lowest BCUT2D eigenvalue weighted by molar-refractivity contribution is -0.342. The third-order valence-corrected chi connectivity index (χ3v) is 7.77. The summed E-state index contributed by atoms with van der Waals surface area (Å²) in [7, 11) is 1.33. The Kier molecular flexibility index (Phi) is 9.01. The molecule has 240 valence electrons. The van der Waals surface area contributed by atoms with Gasteiger partial charge in [0.2, 0.25) is 0 Å². The molecule has 0 saturated carbocycles. The first-order valence-corrected chi connectivity index (χ1v) is 13.4. The van der Waals surface area contributed by atoms with Crippen LogP contribution in [0.4, 0.5) is 0 Å². The highest BCUT2D eigenvalue weighted by molar-refractivity contribution is 5.88. The van der Waals surface area contributed by atoms with Crippen LogP contribution in [0.15, 0.2) is 39.5 Å². The number of benzene rings is 2. The molecule has 0 radical (unpaired) electrons. The molecule has 10 N–H and O–H groups in total. The summed E-state index contributed by atoms with van der Waals surface area (Å²) in [4.78, 5) is 13.3. The van der Waals surface area contributed by atoms with Crippen molar-refractivity contribution in [3.8, 4) is 34.3 Å². The predicted octanol–water partition coefficient (Wildman–Crippen LogP) is -2.08. The summed E-state index contributed by atoms with van der Waals surface area (Å²) in [5.74, 6) is -1.68. The average Bonchev–Trinajstić information content (AvgIpc) is 3.00. The first-order valence-electron chi connectivity index (χ1n) is 13.4. The summed E-state index contributed by atoms with van der Waals surface area (Å²) in [6, 6.07) is 6.16. The van der Waals surface area contributed by atoms with E-state index < -0.39 is 102 Å². The fourth-order valence-corrected chi connectivity index (χ4v) is 5.37. The number of phenols is 3. The monoisotopic (exact) mass is 624 g/mol. The highest BCUT2D eigenvalue weighted by atomic mass is 16.7. The molecule has 2 fully saturated rings. The molecular formula is C28H32O16. The second-order valence-electron chi connectivity index (χ2n) is 10.4. The molecule has 10 atom stereocenters. The second-order valence-corrected chi connectivity index (χ2v) is 10.4. The third-order valence-electron chi connectivity index (χ3n) is 7.77. The maximum Gasteiger partial charge on any atom is 0.197 e. The number of rotatable bonds is 7. The number of aromatic hydroxyl groups is 3. The second kappa shape index (κ2) is 12.4. The molecule has 16 nitrogen and oxygen atoms in total. The van der Waals surface area contributed by atoms with Crippen molar-refractivity contribution in [3.05, 3.63) is 46.1 Å². The molecule has 0 spiro atoms. The minimum absolute atomic E-state index is 0.0102. The normalized spacial score (nSPS) is 32.5. The van der Waals surface area contributed by atoms with Crippen LogP contribution in [0.5, 0.6) is 23.0 Å². The Morgan fingerprint density at radius 1 is 0.795 bits per heavy atom. The highest BCUT2D eigenvalue weighted by Gasteiger charge is 2.52. The van der Waals surface area contributed by atoms with Crippen LogP contribution in [0.2, 0.25) is 0 Å². The number of fused-ring (bicyclic) bond motifs is 1. The Morgan fingerprint density at radius 2 is 1.45 bits per heavy atom. The molecule has 2 saturated heterocycles. The van der Waals surface area contributed by atoms with Crippen molar-refractivity contribution in [1.82, 2.24) is 0 Å². The van der Waals surface area contributed by atoms with Gasteiger partial charge < -0.3 is 74.4 Å². The summed E-state index contributed by atoms with van der Waals surface area (Å²) in [5, 5.41) is 103. The predicted molar refractivity (Wildman–Crippen MR) is 145 cm³/mol. The molecule has 3 heterocycles. The SMILES string of the molecule is COc1cc(-c2cc(=O)c3c(O)c([C@@H]4O[C@H](CO)[C@@H](O)[C@H](O)[C@H]4O[C@@H]4O[C@H](CO)[C@@H](O)[C@H](O)[C@H]4O)c(O)cc3o2)ccc1O. The number of methoxy groups -OCH3 is 1. The molecule has 2 aliphatic rings. The van der Waals surface area contributed by atoms with E-state index in [4.69, 9.17) is 23.4 Å². The van der Waals surface area contributed by atoms with Gasteiger partial charge in [-0.1, -0.05) is 0 Å². The Labute approximate surface area is 247 Å². The summed E-state index contributed by atoms with van der Waals surface area (Å²) >= 11 is 0. The molecule has 5 rings (SSSR count). The van der Waals surface area contributed by atoms with Crippen LogP contribution in [0.1, 0.15) is 11.7 Å². The van der Waals surface area contributed by atoms with Crippen LogP contribution in [0, 0.1) is 0 Å². The van der Waals surface area contributed by atoms with Crippen LogP contribution in [0.3, 0.4) is 0 Å². The van der Waals surface area contributed by atoms with Gasteiger partial charge in [0.1, 0.15) is 83.2 Å². The summed E-state index contributed by atoms with van der Waals surface area (Å²) in [6.45, 7) is -1.63. The van der Waals surface area contributed by atoms with Gasteiger partial charge in [-0.05, 0) is 18.2 Å². The third kappa shape index (κ3) is 5.45. The van der Waals surface area contributed by atoms with E-state index in [1.807, 2.05) is 0 Å². The fourth-order valence-electron chi connectivity index (χ4n) is 5.37. The van der Waals surface area contributed by atoms with Gasteiger partial charge in [0.25, 0.3) is 0 Å². The Bertz CT molecular complexity index is 1550. The molecule has 0 bridgehead atoms. The summed E-state index contributed by atoms with van der Waals surface area (Å²) in [5.41, 5.74) is -1.27. The summed E-state index contributed by atoms with van der Waals surface area (Å²) < 4.78 is 27.6. The van der Waals surface area contributed by atoms with Gasteiger partial charge in [-0.3, -0.25) is 4.79 Å². The van der Waals surface area contributed by atoms with E-state index in [2.05, 4.69) is 0 Å². The quantitative estimate of drug-likeness (QED) is 0.135. The largest absolute Gasteiger partial charge is 0.507 e. The molecule has 44 heavy (non-hydrogen) atoms. The molecule has 2 aliphatic heterocycles. The van der Waals surface area contributed by atoms with Crippen molar-refractivity contribution < 1.29 is 74.4 Å². The van der Waals surface area contributed by atoms with Gasteiger partial charge >= 0.3 is 0 Å². The molecule has 16 heteroatoms. The van der Waals surface area contributed by atoms with E-state index in [-0.39, 0.29) is 22.8 Å². The van der Waals surface area contributed by atoms with E-state index >= 15 is 0 Å². The zero-order chi connectivity index (χ0) is 32.0. The Morgan fingerprint density at radius 3 is 2.11 bits per heavy atom. The standard InChI is InChI=1S/C28H32O16/c1-40-14-4-9(2-3-10(14)31)13-5-11(32)18-15(41-13)6-12(33)19(22(18)36)26-27(24(38)21(35)16(7-29)42-26)44-28-25(39)23(37)20(34)17(8-30)43-28/h2-6,16-17,20-21,23-31,33-39H,7-8H2,1H3/t16-,17-,20-,21-,23+,24+,25-,26+,27-,28+/m1/s1. The van der Waals surface area contributed by atoms with E-state index in [1.165, 1.54) is 25.3 Å². The maximum atomic E-state index is 13.3. The minimum atomic E-state index is -1.93. The molecule has 0 amide bonds. The number of aliphatic hydroxyl groups is 7. The molecule has 1 aromatic heterocycles. The van der Waals surface area contributed by atoms with Gasteiger partial charge in [0.15, 0.2) is 23.2 Å². The van der Waals surface area contributed by atoms with Gasteiger partial charge in [0.05, 0.1) is 25.9 Å². The van der Waals surface area contributed by atoms with Gasteiger partial charge in [-0.25, -0.2) is 0 Å². The van der Waals surface area contributed by atoms with E-state index in [1.54, 1.807) is 0 Å². The van der Waals surface area contributed by atoms with Crippen LogP contribution < -0.4 is 10.2 Å². The molecule has 0 aliphatic carbocycles. The van der Waals surface area contributed by atoms with Crippen molar-refractivity contribution in [2.75, 3.05) is 20.3 Å². The Balaban J connectivity index is 1.59. The van der Waals surface area contributed by atoms with Crippen molar-refractivity contribution in [2.24, 2.45) is 0 Å². The van der Waals surface area contributed by atoms with Gasteiger partial charge in [-0.2, -0.15) is 0 Å². The van der Waals surface area contributed by atoms with Crippen LogP contribution >= 0.6 is 0 Å². The molecule has 3 aromatic rings. The smallest absolute Gasteiger partial charge is 0.197 e. The van der Waals surface area contributed by atoms with Crippen LogP contribution in [-0.4, -0.2) is 127 Å². The van der Waals surface area contributed by atoms with E-state index in [0.717, 1.165) is 12.1 Å². The highest BCUT2D eigenvalue weighted by Crippen LogP contribution is 2.46. The molecule has 0 unspecified atom stereocenters. The van der Waals surface area contributed by atoms with Crippen LogP contribution in [-0.2, 0) is 14.2 Å². The fraction of sp³-hybridized carbons (Fsp3) is 0.464. The number of hydrogen-bond acceptors (Lipinski definition) is 16. The van der Waals surface area contributed by atoms with Crippen molar-refractivity contribution in [1.29, 1.82) is 0 Å². The minimum Gasteiger partial charge on any atom is -0.507 e. The van der Waals surface area contributed by atoms with E-state index in [9.17, 15) is 55.9 Å². The average molecular weight is 625 g/mol. The lowest BCUT2D eigenvalue weighted by Gasteiger charge is -2.46. The van der Waals surface area contributed by atoms with Crippen molar-refractivity contribution in [3.63, 3.8) is 0 Å². The number of hydrogen-bond donors (Lipinski definition) is 10. The van der Waals surface area contributed by atoms with Gasteiger partial charge in [-0.15, -0.1) is 0 Å². The maximum absolute atomic E-state index is 13.3. The lowest BCUT2D eigenvalue weighted by atomic mass is 9.89. The first-order chi connectivity index (χ1) is 20.9. The van der Waals surface area contributed by atoms with Crippen molar-refractivity contribution >= 4 is 11.0 Å². The van der Waals surface area contributed by atoms with Crippen LogP contribution in [0.25, 0.3) is 22.3 Å². The first kappa shape index (κ1) is 31.9. The molecular weight excluding hydrogens is 592 g/mol. The topological polar surface area (TPSA) is 269 Å².